The Morgan fingerprint density at radius 2 is 2.42 bits per heavy atom. The van der Waals surface area contributed by atoms with Crippen LogP contribution in [0.25, 0.3) is 0 Å². The molecule has 2 rings (SSSR count). The first-order valence-corrected chi connectivity index (χ1v) is 4.38. The van der Waals surface area contributed by atoms with E-state index in [4.69, 9.17) is 5.11 Å². The first kappa shape index (κ1) is 7.79. The fourth-order valence-corrected chi connectivity index (χ4v) is 1.48. The SMILES string of the molecule is O=C(O)C1(n2cc(Br)cn2)CC1. The van der Waals surface area contributed by atoms with Crippen LogP contribution in [0.3, 0.4) is 0 Å². The average molecular weight is 231 g/mol. The molecule has 0 saturated heterocycles. The Balaban J connectivity index is 2.36. The number of carboxylic acids is 1. The molecule has 1 aliphatic carbocycles. The van der Waals surface area contributed by atoms with Crippen molar-refractivity contribution in [3.8, 4) is 0 Å². The Hall–Kier alpha value is -0.840. The van der Waals surface area contributed by atoms with Crippen molar-refractivity contribution in [2.24, 2.45) is 0 Å². The molecule has 0 radical (unpaired) electrons. The van der Waals surface area contributed by atoms with Gasteiger partial charge in [0, 0.05) is 6.20 Å². The highest BCUT2D eigenvalue weighted by molar-refractivity contribution is 9.10. The molecule has 0 unspecified atom stereocenters. The second-order valence-corrected chi connectivity index (χ2v) is 3.86. The highest BCUT2D eigenvalue weighted by Gasteiger charge is 2.53. The number of carbonyl (C=O) groups is 1. The molecule has 64 valence electrons. The van der Waals surface area contributed by atoms with E-state index in [0.717, 1.165) is 4.47 Å². The zero-order valence-electron chi connectivity index (χ0n) is 6.20. The van der Waals surface area contributed by atoms with Gasteiger partial charge in [0.2, 0.25) is 0 Å². The van der Waals surface area contributed by atoms with E-state index in [1.165, 1.54) is 4.68 Å². The van der Waals surface area contributed by atoms with Crippen LogP contribution >= 0.6 is 15.9 Å². The van der Waals surface area contributed by atoms with Crippen LogP contribution in [0, 0.1) is 0 Å². The van der Waals surface area contributed by atoms with E-state index in [1.54, 1.807) is 12.4 Å². The van der Waals surface area contributed by atoms with Gasteiger partial charge in [-0.15, -0.1) is 0 Å². The molecule has 1 aromatic rings. The van der Waals surface area contributed by atoms with Gasteiger partial charge in [-0.2, -0.15) is 5.10 Å². The summed E-state index contributed by atoms with van der Waals surface area (Å²) < 4.78 is 2.33. The Morgan fingerprint density at radius 3 is 2.75 bits per heavy atom. The maximum Gasteiger partial charge on any atom is 0.331 e. The minimum absolute atomic E-state index is 0.677. The lowest BCUT2D eigenvalue weighted by atomic mass is 10.3. The van der Waals surface area contributed by atoms with E-state index >= 15 is 0 Å². The molecule has 0 atom stereocenters. The standard InChI is InChI=1S/C7H7BrN2O2/c8-5-3-9-10(4-5)7(1-2-7)6(11)12/h3-4H,1-2H2,(H,11,12). The topological polar surface area (TPSA) is 55.1 Å². The first-order chi connectivity index (χ1) is 5.65. The highest BCUT2D eigenvalue weighted by Crippen LogP contribution is 2.43. The van der Waals surface area contributed by atoms with Crippen LogP contribution in [0.1, 0.15) is 12.8 Å². The molecule has 0 aliphatic heterocycles. The van der Waals surface area contributed by atoms with Gasteiger partial charge in [-0.25, -0.2) is 4.79 Å². The molecule has 1 aliphatic rings. The molecule has 0 aromatic carbocycles. The maximum atomic E-state index is 10.8. The summed E-state index contributed by atoms with van der Waals surface area (Å²) in [6, 6.07) is 0. The van der Waals surface area contributed by atoms with E-state index in [-0.39, 0.29) is 0 Å². The molecule has 12 heavy (non-hydrogen) atoms. The molecule has 1 N–H and O–H groups in total. The van der Waals surface area contributed by atoms with Crippen LogP contribution in [0.5, 0.6) is 0 Å². The molecule has 1 aromatic heterocycles. The number of aromatic nitrogens is 2. The van der Waals surface area contributed by atoms with Crippen LogP contribution < -0.4 is 0 Å². The molecule has 1 saturated carbocycles. The smallest absolute Gasteiger partial charge is 0.331 e. The number of halogens is 1. The van der Waals surface area contributed by atoms with Crippen molar-refractivity contribution in [1.82, 2.24) is 9.78 Å². The van der Waals surface area contributed by atoms with Crippen molar-refractivity contribution in [3.63, 3.8) is 0 Å². The highest BCUT2D eigenvalue weighted by atomic mass is 79.9. The van der Waals surface area contributed by atoms with Crippen molar-refractivity contribution in [1.29, 1.82) is 0 Å². The number of rotatable bonds is 2. The van der Waals surface area contributed by atoms with Gasteiger partial charge in [0.25, 0.3) is 0 Å². The van der Waals surface area contributed by atoms with Gasteiger partial charge >= 0.3 is 5.97 Å². The summed E-state index contributed by atoms with van der Waals surface area (Å²) >= 11 is 3.23. The number of carboxylic acid groups (broad SMARTS) is 1. The summed E-state index contributed by atoms with van der Waals surface area (Å²) in [4.78, 5) is 10.8. The summed E-state index contributed by atoms with van der Waals surface area (Å²) in [5, 5.41) is 12.9. The van der Waals surface area contributed by atoms with Crippen molar-refractivity contribution in [2.75, 3.05) is 0 Å². The van der Waals surface area contributed by atoms with Crippen molar-refractivity contribution in [3.05, 3.63) is 16.9 Å². The van der Waals surface area contributed by atoms with Crippen LogP contribution in [-0.2, 0) is 10.3 Å². The number of aliphatic carboxylic acids is 1. The summed E-state index contributed by atoms with van der Waals surface area (Å²) in [6.07, 6.45) is 4.65. The van der Waals surface area contributed by atoms with Crippen molar-refractivity contribution >= 4 is 21.9 Å². The van der Waals surface area contributed by atoms with E-state index < -0.39 is 11.5 Å². The predicted molar refractivity (Wildman–Crippen MR) is 44.8 cm³/mol. The van der Waals surface area contributed by atoms with E-state index in [9.17, 15) is 4.79 Å². The van der Waals surface area contributed by atoms with Gasteiger partial charge in [0.05, 0.1) is 10.7 Å². The van der Waals surface area contributed by atoms with E-state index in [2.05, 4.69) is 21.0 Å². The lowest BCUT2D eigenvalue weighted by Gasteiger charge is -2.08. The van der Waals surface area contributed by atoms with Crippen LogP contribution in [0.2, 0.25) is 0 Å². The third-order valence-corrected chi connectivity index (χ3v) is 2.52. The van der Waals surface area contributed by atoms with Gasteiger partial charge in [0.1, 0.15) is 0 Å². The van der Waals surface area contributed by atoms with Gasteiger partial charge in [0.15, 0.2) is 5.54 Å². The monoisotopic (exact) mass is 230 g/mol. The third-order valence-electron chi connectivity index (χ3n) is 2.11. The van der Waals surface area contributed by atoms with E-state index in [0.29, 0.717) is 12.8 Å². The van der Waals surface area contributed by atoms with Crippen molar-refractivity contribution < 1.29 is 9.90 Å². The van der Waals surface area contributed by atoms with Gasteiger partial charge in [-0.05, 0) is 28.8 Å². The summed E-state index contributed by atoms with van der Waals surface area (Å²) in [6.45, 7) is 0. The number of hydrogen-bond acceptors (Lipinski definition) is 2. The Morgan fingerprint density at radius 1 is 1.75 bits per heavy atom. The Kier molecular flexibility index (Phi) is 1.51. The lowest BCUT2D eigenvalue weighted by Crippen LogP contribution is -2.27. The van der Waals surface area contributed by atoms with Gasteiger partial charge < -0.3 is 5.11 Å². The van der Waals surface area contributed by atoms with Gasteiger partial charge in [-0.3, -0.25) is 4.68 Å². The number of hydrogen-bond donors (Lipinski definition) is 1. The van der Waals surface area contributed by atoms with Crippen LogP contribution in [0.4, 0.5) is 0 Å². The molecule has 0 amide bonds. The quantitative estimate of drug-likeness (QED) is 0.832. The first-order valence-electron chi connectivity index (χ1n) is 3.59. The lowest BCUT2D eigenvalue weighted by molar-refractivity contribution is -0.142. The molecule has 4 nitrogen and oxygen atoms in total. The minimum atomic E-state index is -0.793. The fourth-order valence-electron chi connectivity index (χ4n) is 1.19. The number of nitrogens with zero attached hydrogens (tertiary/aromatic N) is 2. The second kappa shape index (κ2) is 2.32. The largest absolute Gasteiger partial charge is 0.479 e. The zero-order valence-corrected chi connectivity index (χ0v) is 7.78. The summed E-state index contributed by atoms with van der Waals surface area (Å²) in [5.41, 5.74) is -0.744. The average Bonchev–Trinajstić information content (AvgIpc) is 2.71. The molecule has 0 bridgehead atoms. The van der Waals surface area contributed by atoms with Crippen molar-refractivity contribution in [2.45, 2.75) is 18.4 Å². The minimum Gasteiger partial charge on any atom is -0.479 e. The molecule has 1 fully saturated rings. The fraction of sp³-hybridized carbons (Fsp3) is 0.429. The molecule has 1 heterocycles. The van der Waals surface area contributed by atoms with Crippen LogP contribution in [0.15, 0.2) is 16.9 Å². The zero-order chi connectivity index (χ0) is 8.77. The van der Waals surface area contributed by atoms with Crippen LogP contribution in [-0.4, -0.2) is 20.9 Å². The molecular weight excluding hydrogens is 224 g/mol. The molecular formula is C7H7BrN2O2. The second-order valence-electron chi connectivity index (χ2n) is 2.94. The van der Waals surface area contributed by atoms with E-state index in [1.807, 2.05) is 0 Å². The Labute approximate surface area is 77.3 Å². The van der Waals surface area contributed by atoms with Gasteiger partial charge in [-0.1, -0.05) is 0 Å². The normalized spacial score (nSPS) is 19.1. The molecule has 0 spiro atoms. The third kappa shape index (κ3) is 0.964. The summed E-state index contributed by atoms with van der Waals surface area (Å²) in [5.74, 6) is -0.793. The maximum absolute atomic E-state index is 10.8. The predicted octanol–water partition coefficient (Wildman–Crippen LogP) is 1.22. The molecule has 5 heteroatoms. The summed E-state index contributed by atoms with van der Waals surface area (Å²) in [7, 11) is 0. The Bertz CT molecular complexity index is 330.